The fraction of sp³-hybridized carbons (Fsp3) is 0.462. The third kappa shape index (κ3) is 3.58. The molecule has 0 aliphatic carbocycles. The van der Waals surface area contributed by atoms with Crippen LogP contribution in [0.5, 0.6) is 0 Å². The highest BCUT2D eigenvalue weighted by Crippen LogP contribution is 2.22. The predicted molar refractivity (Wildman–Crippen MR) is 68.1 cm³/mol. The molecule has 1 aliphatic heterocycles. The van der Waals surface area contributed by atoms with Crippen molar-refractivity contribution in [1.29, 1.82) is 0 Å². The molecule has 1 fully saturated rings. The van der Waals surface area contributed by atoms with Crippen LogP contribution in [0.25, 0.3) is 0 Å². The van der Waals surface area contributed by atoms with Crippen molar-refractivity contribution in [2.75, 3.05) is 13.2 Å². The molecule has 1 heterocycles. The predicted octanol–water partition coefficient (Wildman–Crippen LogP) is 2.47. The van der Waals surface area contributed by atoms with E-state index >= 15 is 0 Å². The average Bonchev–Trinajstić information content (AvgIpc) is 2.37. The van der Waals surface area contributed by atoms with Crippen molar-refractivity contribution < 1.29 is 18.8 Å². The van der Waals surface area contributed by atoms with Crippen LogP contribution in [0.3, 0.4) is 0 Å². The van der Waals surface area contributed by atoms with Crippen LogP contribution < -0.4 is 0 Å². The number of carbonyl (C=O) groups is 1. The molecule has 4 nitrogen and oxygen atoms in total. The Kier molecular flexibility index (Phi) is 4.04. The minimum atomic E-state index is -0.887. The van der Waals surface area contributed by atoms with Crippen molar-refractivity contribution in [2.24, 2.45) is 5.41 Å². The number of benzene rings is 1. The lowest BCUT2D eigenvalue weighted by Crippen LogP contribution is -2.45. The summed E-state index contributed by atoms with van der Waals surface area (Å²) in [5.41, 5.74) is 0.901. The van der Waals surface area contributed by atoms with Gasteiger partial charge in [0.2, 0.25) is 0 Å². The fourth-order valence-electron chi connectivity index (χ4n) is 1.63. The van der Waals surface area contributed by atoms with Crippen molar-refractivity contribution in [3.63, 3.8) is 0 Å². The van der Waals surface area contributed by atoms with Gasteiger partial charge in [-0.25, -0.2) is 0 Å². The van der Waals surface area contributed by atoms with Gasteiger partial charge < -0.3 is 14.0 Å². The Bertz CT molecular complexity index is 395. The van der Waals surface area contributed by atoms with E-state index in [0.717, 1.165) is 5.56 Å². The van der Waals surface area contributed by atoms with E-state index in [1.807, 2.05) is 44.2 Å². The molecular formula is C13H17BO4. The van der Waals surface area contributed by atoms with Crippen molar-refractivity contribution in [3.05, 3.63) is 35.9 Å². The van der Waals surface area contributed by atoms with Crippen LogP contribution in [0.4, 0.5) is 4.79 Å². The minimum Gasteiger partial charge on any atom is -0.464 e. The lowest BCUT2D eigenvalue weighted by atomic mass is 9.84. The first-order chi connectivity index (χ1) is 8.57. The second-order valence-corrected chi connectivity index (χ2v) is 5.21. The maximum absolute atomic E-state index is 11.7. The van der Waals surface area contributed by atoms with Crippen LogP contribution in [0.1, 0.15) is 19.4 Å². The second kappa shape index (κ2) is 5.54. The summed E-state index contributed by atoms with van der Waals surface area (Å²) in [6.07, 6.45) is 0. The van der Waals surface area contributed by atoms with Crippen LogP contribution in [-0.2, 0) is 20.7 Å². The van der Waals surface area contributed by atoms with E-state index in [9.17, 15) is 4.79 Å². The quantitative estimate of drug-likeness (QED) is 0.771. The largest absolute Gasteiger partial charge is 0.584 e. The number of ether oxygens (including phenoxy) is 1. The Morgan fingerprint density at radius 2 is 1.89 bits per heavy atom. The van der Waals surface area contributed by atoms with Crippen molar-refractivity contribution in [1.82, 2.24) is 0 Å². The van der Waals surface area contributed by atoms with Gasteiger partial charge in [0.1, 0.15) is 6.61 Å². The number of hydrogen-bond acceptors (Lipinski definition) is 4. The molecule has 0 unspecified atom stereocenters. The van der Waals surface area contributed by atoms with Crippen molar-refractivity contribution >= 4 is 13.0 Å². The number of carbonyl (C=O) groups excluding carboxylic acids is 1. The van der Waals surface area contributed by atoms with Gasteiger partial charge in [-0.1, -0.05) is 44.2 Å². The first-order valence-corrected chi connectivity index (χ1v) is 6.01. The van der Waals surface area contributed by atoms with Gasteiger partial charge in [-0.05, 0) is 5.56 Å². The standard InChI is InChI=1S/C13H17BO4/c1-13(2)9-17-14(18-10-13)12(15)16-8-11-6-4-3-5-7-11/h3-7H,8-10H2,1-2H3. The Morgan fingerprint density at radius 3 is 2.50 bits per heavy atom. The maximum atomic E-state index is 11.7. The minimum absolute atomic E-state index is 0.0454. The van der Waals surface area contributed by atoms with Gasteiger partial charge in [-0.15, -0.1) is 0 Å². The molecule has 1 saturated heterocycles. The van der Waals surface area contributed by atoms with Gasteiger partial charge in [0.15, 0.2) is 0 Å². The van der Waals surface area contributed by atoms with Crippen LogP contribution >= 0.6 is 0 Å². The molecule has 18 heavy (non-hydrogen) atoms. The van der Waals surface area contributed by atoms with Crippen LogP contribution in [-0.4, -0.2) is 26.2 Å². The summed E-state index contributed by atoms with van der Waals surface area (Å²) in [6, 6.07) is 9.53. The normalized spacial score (nSPS) is 18.4. The molecule has 0 bridgehead atoms. The SMILES string of the molecule is CC1(C)COB(C(=O)OCc2ccccc2)OC1. The molecule has 5 heteroatoms. The van der Waals surface area contributed by atoms with E-state index < -0.39 is 13.0 Å². The summed E-state index contributed by atoms with van der Waals surface area (Å²) >= 11 is 0. The zero-order valence-electron chi connectivity index (χ0n) is 10.7. The van der Waals surface area contributed by atoms with E-state index in [1.165, 1.54) is 0 Å². The Morgan fingerprint density at radius 1 is 1.28 bits per heavy atom. The summed E-state index contributed by atoms with van der Waals surface area (Å²) < 4.78 is 15.8. The highest BCUT2D eigenvalue weighted by Gasteiger charge is 2.39. The Balaban J connectivity index is 1.79. The molecule has 0 spiro atoms. The molecular weight excluding hydrogens is 231 g/mol. The molecule has 0 atom stereocenters. The first-order valence-electron chi connectivity index (χ1n) is 6.01. The molecule has 1 aromatic carbocycles. The van der Waals surface area contributed by atoms with Gasteiger partial charge >= 0.3 is 13.0 Å². The highest BCUT2D eigenvalue weighted by atomic mass is 16.6. The summed E-state index contributed by atoms with van der Waals surface area (Å²) in [5, 5.41) is 0. The monoisotopic (exact) mass is 248 g/mol. The van der Waals surface area contributed by atoms with Crippen molar-refractivity contribution in [2.45, 2.75) is 20.5 Å². The van der Waals surface area contributed by atoms with E-state index in [0.29, 0.717) is 13.2 Å². The Hall–Kier alpha value is -1.33. The summed E-state index contributed by atoms with van der Waals surface area (Å²) in [6.45, 7) is 5.29. The van der Waals surface area contributed by atoms with Gasteiger partial charge in [0.05, 0.1) is 0 Å². The number of hydrogen-bond donors (Lipinski definition) is 0. The van der Waals surface area contributed by atoms with Gasteiger partial charge in [-0.3, -0.25) is 4.79 Å². The Labute approximate surface area is 107 Å². The van der Waals surface area contributed by atoms with E-state index in [4.69, 9.17) is 14.0 Å². The molecule has 2 rings (SSSR count). The lowest BCUT2D eigenvalue weighted by Gasteiger charge is -2.31. The molecule has 0 saturated carbocycles. The topological polar surface area (TPSA) is 44.8 Å². The third-order valence-corrected chi connectivity index (χ3v) is 2.67. The number of rotatable bonds is 3. The van der Waals surface area contributed by atoms with E-state index in [-0.39, 0.29) is 12.0 Å². The van der Waals surface area contributed by atoms with E-state index in [2.05, 4.69) is 0 Å². The average molecular weight is 248 g/mol. The van der Waals surface area contributed by atoms with Gasteiger partial charge in [0, 0.05) is 18.6 Å². The highest BCUT2D eigenvalue weighted by molar-refractivity contribution is 6.78. The molecule has 0 amide bonds. The van der Waals surface area contributed by atoms with E-state index in [1.54, 1.807) is 0 Å². The first kappa shape index (κ1) is 13.1. The van der Waals surface area contributed by atoms with Crippen molar-refractivity contribution in [3.8, 4) is 0 Å². The molecule has 0 aromatic heterocycles. The summed E-state index contributed by atoms with van der Waals surface area (Å²) in [5.74, 6) is -0.464. The van der Waals surface area contributed by atoms with Crippen LogP contribution in [0.15, 0.2) is 30.3 Å². The smallest absolute Gasteiger partial charge is 0.464 e. The molecule has 0 radical (unpaired) electrons. The van der Waals surface area contributed by atoms with Crippen LogP contribution in [0, 0.1) is 5.41 Å². The summed E-state index contributed by atoms with van der Waals surface area (Å²) in [7, 11) is -0.887. The second-order valence-electron chi connectivity index (χ2n) is 5.21. The third-order valence-electron chi connectivity index (χ3n) is 2.67. The fourth-order valence-corrected chi connectivity index (χ4v) is 1.63. The van der Waals surface area contributed by atoms with Crippen LogP contribution in [0.2, 0.25) is 0 Å². The molecule has 0 N–H and O–H groups in total. The zero-order chi connectivity index (χ0) is 13.0. The summed E-state index contributed by atoms with van der Waals surface area (Å²) in [4.78, 5) is 11.7. The lowest BCUT2D eigenvalue weighted by molar-refractivity contribution is 0.0258. The van der Waals surface area contributed by atoms with Gasteiger partial charge in [0.25, 0.3) is 0 Å². The van der Waals surface area contributed by atoms with Gasteiger partial charge in [-0.2, -0.15) is 0 Å². The molecule has 1 aromatic rings. The zero-order valence-corrected chi connectivity index (χ0v) is 10.7. The maximum Gasteiger partial charge on any atom is 0.584 e. The molecule has 1 aliphatic rings. The molecule has 96 valence electrons.